The van der Waals surface area contributed by atoms with Crippen LogP contribution in [0.1, 0.15) is 5.56 Å². The molecule has 0 bridgehead atoms. The molecule has 0 N–H and O–H groups in total. The summed E-state index contributed by atoms with van der Waals surface area (Å²) in [6, 6.07) is 5.34. The van der Waals surface area contributed by atoms with Crippen LogP contribution in [0.4, 0.5) is 4.39 Å². The zero-order valence-electron chi connectivity index (χ0n) is 11.2. The normalized spacial score (nSPS) is 18.7. The molecule has 1 atom stereocenters. The molecule has 0 spiro atoms. The Labute approximate surface area is 116 Å². The average molecular weight is 281 g/mol. The molecule has 1 heterocycles. The van der Waals surface area contributed by atoms with E-state index in [4.69, 9.17) is 4.74 Å². The van der Waals surface area contributed by atoms with E-state index in [9.17, 15) is 14.0 Å². The van der Waals surface area contributed by atoms with Crippen LogP contribution < -0.4 is 0 Å². The van der Waals surface area contributed by atoms with Crippen molar-refractivity contribution in [3.8, 4) is 0 Å². The van der Waals surface area contributed by atoms with Gasteiger partial charge >= 0.3 is 5.97 Å². The maximum atomic E-state index is 13.6. The van der Waals surface area contributed by atoms with Gasteiger partial charge in [0, 0.05) is 6.54 Å². The Morgan fingerprint density at radius 3 is 2.90 bits per heavy atom. The summed E-state index contributed by atoms with van der Waals surface area (Å²) < 4.78 is 23.4. The third-order valence-corrected chi connectivity index (χ3v) is 3.22. The van der Waals surface area contributed by atoms with Gasteiger partial charge in [-0.05, 0) is 11.6 Å². The van der Waals surface area contributed by atoms with E-state index < -0.39 is 17.8 Å². The maximum absolute atomic E-state index is 13.6. The van der Waals surface area contributed by atoms with Crippen LogP contribution in [0.15, 0.2) is 24.3 Å². The van der Waals surface area contributed by atoms with Crippen molar-refractivity contribution in [3.63, 3.8) is 0 Å². The molecule has 1 amide bonds. The highest BCUT2D eigenvalue weighted by Crippen LogP contribution is 2.13. The van der Waals surface area contributed by atoms with Crippen LogP contribution in [0.2, 0.25) is 0 Å². The fraction of sp³-hybridized carbons (Fsp3) is 0.429. The van der Waals surface area contributed by atoms with Gasteiger partial charge in [0.1, 0.15) is 5.82 Å². The van der Waals surface area contributed by atoms with Gasteiger partial charge in [-0.2, -0.15) is 0 Å². The van der Waals surface area contributed by atoms with Crippen molar-refractivity contribution in [2.75, 3.05) is 26.9 Å². The Balaban J connectivity index is 2.10. The predicted molar refractivity (Wildman–Crippen MR) is 68.4 cm³/mol. The number of hydrogen-bond acceptors (Lipinski definition) is 4. The number of rotatable bonds is 3. The minimum atomic E-state index is -0.756. The molecule has 0 saturated carbocycles. The second-order valence-electron chi connectivity index (χ2n) is 4.47. The number of halogens is 1. The summed E-state index contributed by atoms with van der Waals surface area (Å²) in [5.41, 5.74) is 0.313. The second-order valence-corrected chi connectivity index (χ2v) is 4.47. The molecule has 6 heteroatoms. The Kier molecular flexibility index (Phi) is 4.68. The first-order chi connectivity index (χ1) is 9.63. The van der Waals surface area contributed by atoms with Gasteiger partial charge in [-0.25, -0.2) is 9.18 Å². The molecule has 1 aliphatic rings. The molecule has 0 radical (unpaired) electrons. The number of amides is 1. The maximum Gasteiger partial charge on any atom is 0.331 e. The number of morpholine rings is 1. The monoisotopic (exact) mass is 281 g/mol. The lowest BCUT2D eigenvalue weighted by molar-refractivity contribution is -0.160. The van der Waals surface area contributed by atoms with Crippen molar-refractivity contribution in [2.24, 2.45) is 0 Å². The molecule has 2 rings (SSSR count). The number of ether oxygens (including phenoxy) is 2. The van der Waals surface area contributed by atoms with Crippen LogP contribution >= 0.6 is 0 Å². The Morgan fingerprint density at radius 2 is 2.20 bits per heavy atom. The molecule has 0 aliphatic carbocycles. The standard InChI is InChI=1S/C14H16FNO4/c1-19-14(18)12-9-20-7-6-16(12)13(17)8-10-4-2-3-5-11(10)15/h2-5,12H,6-9H2,1H3. The van der Waals surface area contributed by atoms with Crippen molar-refractivity contribution < 1.29 is 23.5 Å². The fourth-order valence-corrected chi connectivity index (χ4v) is 2.14. The summed E-state index contributed by atoms with van der Waals surface area (Å²) in [6.45, 7) is 0.763. The summed E-state index contributed by atoms with van der Waals surface area (Å²) in [5.74, 6) is -1.26. The van der Waals surface area contributed by atoms with E-state index in [0.29, 0.717) is 18.7 Å². The van der Waals surface area contributed by atoms with Gasteiger partial charge in [-0.1, -0.05) is 18.2 Å². The summed E-state index contributed by atoms with van der Waals surface area (Å²) in [4.78, 5) is 25.3. The highest BCUT2D eigenvalue weighted by Gasteiger charge is 2.33. The molecule has 0 aromatic heterocycles. The second kappa shape index (κ2) is 6.47. The number of carbonyl (C=O) groups is 2. The van der Waals surface area contributed by atoms with Gasteiger partial charge < -0.3 is 14.4 Å². The molecule has 1 aromatic carbocycles. The number of benzene rings is 1. The summed E-state index contributed by atoms with van der Waals surface area (Å²) in [5, 5.41) is 0. The summed E-state index contributed by atoms with van der Waals surface area (Å²) >= 11 is 0. The molecular formula is C14H16FNO4. The van der Waals surface area contributed by atoms with E-state index in [1.54, 1.807) is 18.2 Å². The Bertz CT molecular complexity index is 506. The third kappa shape index (κ3) is 3.14. The van der Waals surface area contributed by atoms with Crippen molar-refractivity contribution in [2.45, 2.75) is 12.5 Å². The number of nitrogens with zero attached hydrogens (tertiary/aromatic N) is 1. The number of hydrogen-bond donors (Lipinski definition) is 0. The first-order valence-electron chi connectivity index (χ1n) is 6.32. The van der Waals surface area contributed by atoms with Crippen molar-refractivity contribution in [1.29, 1.82) is 0 Å². The van der Waals surface area contributed by atoms with Gasteiger partial charge in [0.25, 0.3) is 0 Å². The van der Waals surface area contributed by atoms with Gasteiger partial charge in [-0.3, -0.25) is 4.79 Å². The lowest BCUT2D eigenvalue weighted by Crippen LogP contribution is -2.53. The average Bonchev–Trinajstić information content (AvgIpc) is 2.48. The largest absolute Gasteiger partial charge is 0.467 e. The van der Waals surface area contributed by atoms with Crippen molar-refractivity contribution in [1.82, 2.24) is 4.90 Å². The van der Waals surface area contributed by atoms with E-state index in [-0.39, 0.29) is 18.9 Å². The fourth-order valence-electron chi connectivity index (χ4n) is 2.14. The van der Waals surface area contributed by atoms with Gasteiger partial charge in [0.05, 0.1) is 26.7 Å². The number of carbonyl (C=O) groups excluding carboxylic acids is 2. The first-order valence-corrected chi connectivity index (χ1v) is 6.32. The molecule has 108 valence electrons. The lowest BCUT2D eigenvalue weighted by atomic mass is 10.1. The van der Waals surface area contributed by atoms with Crippen LogP contribution in [-0.4, -0.2) is 49.7 Å². The van der Waals surface area contributed by atoms with Crippen molar-refractivity contribution >= 4 is 11.9 Å². The highest BCUT2D eigenvalue weighted by atomic mass is 19.1. The molecule has 1 fully saturated rings. The van der Waals surface area contributed by atoms with Gasteiger partial charge in [0.15, 0.2) is 6.04 Å². The van der Waals surface area contributed by atoms with E-state index in [2.05, 4.69) is 4.74 Å². The minimum Gasteiger partial charge on any atom is -0.467 e. The zero-order chi connectivity index (χ0) is 14.5. The molecule has 20 heavy (non-hydrogen) atoms. The molecule has 5 nitrogen and oxygen atoms in total. The zero-order valence-corrected chi connectivity index (χ0v) is 11.2. The smallest absolute Gasteiger partial charge is 0.331 e. The highest BCUT2D eigenvalue weighted by molar-refractivity contribution is 5.86. The van der Waals surface area contributed by atoms with Crippen LogP contribution in [0.25, 0.3) is 0 Å². The van der Waals surface area contributed by atoms with Crippen LogP contribution in [-0.2, 0) is 25.5 Å². The topological polar surface area (TPSA) is 55.8 Å². The molecule has 1 aromatic rings. The van der Waals surface area contributed by atoms with E-state index >= 15 is 0 Å². The molecule has 1 aliphatic heterocycles. The van der Waals surface area contributed by atoms with Crippen LogP contribution in [0.3, 0.4) is 0 Å². The molecular weight excluding hydrogens is 265 g/mol. The van der Waals surface area contributed by atoms with E-state index in [0.717, 1.165) is 0 Å². The predicted octanol–water partition coefficient (Wildman–Crippen LogP) is 0.769. The van der Waals surface area contributed by atoms with Gasteiger partial charge in [0.2, 0.25) is 5.91 Å². The molecule has 1 unspecified atom stereocenters. The van der Waals surface area contributed by atoms with Crippen molar-refractivity contribution in [3.05, 3.63) is 35.6 Å². The summed E-state index contributed by atoms with van der Waals surface area (Å²) in [7, 11) is 1.26. The van der Waals surface area contributed by atoms with Crippen LogP contribution in [0, 0.1) is 5.82 Å². The lowest BCUT2D eigenvalue weighted by Gasteiger charge is -2.33. The van der Waals surface area contributed by atoms with E-state index in [1.165, 1.54) is 18.1 Å². The SMILES string of the molecule is COC(=O)C1COCCN1C(=O)Cc1ccccc1F. The quantitative estimate of drug-likeness (QED) is 0.768. The Hall–Kier alpha value is -1.95. The first kappa shape index (κ1) is 14.5. The van der Waals surface area contributed by atoms with Crippen LogP contribution in [0.5, 0.6) is 0 Å². The summed E-state index contributed by atoms with van der Waals surface area (Å²) in [6.07, 6.45) is -0.0832. The van der Waals surface area contributed by atoms with Gasteiger partial charge in [-0.15, -0.1) is 0 Å². The number of esters is 1. The minimum absolute atomic E-state index is 0.0832. The number of methoxy groups -OCH3 is 1. The van der Waals surface area contributed by atoms with E-state index in [1.807, 2.05) is 0 Å². The Morgan fingerprint density at radius 1 is 1.45 bits per heavy atom. The molecule has 1 saturated heterocycles. The third-order valence-electron chi connectivity index (χ3n) is 3.22.